The quantitative estimate of drug-likeness (QED) is 0.243. The number of hydrogen-bond acceptors (Lipinski definition) is 4. The maximum atomic E-state index is 14.0. The summed E-state index contributed by atoms with van der Waals surface area (Å²) in [6, 6.07) is 17.3. The highest BCUT2D eigenvalue weighted by Gasteiger charge is 2.59. The van der Waals surface area contributed by atoms with Gasteiger partial charge in [0.25, 0.3) is 0 Å². The molecule has 0 N–H and O–H groups in total. The topological polar surface area (TPSA) is 67.7 Å². The van der Waals surface area contributed by atoms with Crippen LogP contribution in [0.5, 0.6) is 5.75 Å². The van der Waals surface area contributed by atoms with E-state index < -0.39 is 29.9 Å². The maximum absolute atomic E-state index is 14.0. The average molecular weight is 587 g/mol. The van der Waals surface area contributed by atoms with E-state index in [-0.39, 0.29) is 44.3 Å². The van der Waals surface area contributed by atoms with Gasteiger partial charge in [0.2, 0.25) is 5.91 Å². The summed E-state index contributed by atoms with van der Waals surface area (Å²) >= 11 is 6.14. The molecule has 1 spiro atoms. The Bertz CT molecular complexity index is 1650. The van der Waals surface area contributed by atoms with Gasteiger partial charge >= 0.3 is 12.3 Å². The fourth-order valence-corrected chi connectivity index (χ4v) is 5.73. The maximum Gasteiger partial charge on any atom is 0.415 e. The molecular formula is C29H23ClF4N4O3. The van der Waals surface area contributed by atoms with Crippen molar-refractivity contribution in [3.05, 3.63) is 89.0 Å². The number of aryl methyl sites for hydroxylation is 1. The number of aromatic nitrogens is 2. The van der Waals surface area contributed by atoms with Crippen molar-refractivity contribution >= 4 is 40.3 Å². The number of likely N-dealkylation sites (tertiary alicyclic amines) is 1. The van der Waals surface area contributed by atoms with Gasteiger partial charge in [-0.2, -0.15) is 13.2 Å². The Morgan fingerprint density at radius 2 is 1.78 bits per heavy atom. The van der Waals surface area contributed by atoms with Crippen LogP contribution < -0.4 is 9.64 Å². The van der Waals surface area contributed by atoms with Crippen LogP contribution in [0.1, 0.15) is 24.2 Å². The lowest BCUT2D eigenvalue weighted by atomic mass is 9.75. The van der Waals surface area contributed by atoms with Crippen LogP contribution in [0.25, 0.3) is 11.0 Å². The summed E-state index contributed by atoms with van der Waals surface area (Å²) in [4.78, 5) is 34.3. The van der Waals surface area contributed by atoms with Crippen molar-refractivity contribution in [2.45, 2.75) is 37.5 Å². The molecular weight excluding hydrogens is 564 g/mol. The van der Waals surface area contributed by atoms with E-state index in [1.807, 2.05) is 12.1 Å². The summed E-state index contributed by atoms with van der Waals surface area (Å²) in [7, 11) is 0. The molecule has 2 aliphatic heterocycles. The van der Waals surface area contributed by atoms with Crippen LogP contribution in [0.2, 0.25) is 5.02 Å². The summed E-state index contributed by atoms with van der Waals surface area (Å²) in [5, 5.41) is 0.438. The van der Waals surface area contributed by atoms with Gasteiger partial charge in [-0.25, -0.2) is 14.2 Å². The van der Waals surface area contributed by atoms with Crippen LogP contribution >= 0.6 is 11.6 Å². The molecule has 0 unspecified atom stereocenters. The number of para-hydroxylation sites is 1. The molecule has 212 valence electrons. The van der Waals surface area contributed by atoms with Crippen LogP contribution in [0.15, 0.2) is 66.7 Å². The minimum atomic E-state index is -4.29. The number of alkyl halides is 3. The highest BCUT2D eigenvalue weighted by molar-refractivity contribution is 6.31. The molecule has 41 heavy (non-hydrogen) atoms. The second-order valence-electron chi connectivity index (χ2n) is 10.2. The van der Waals surface area contributed by atoms with Crippen molar-refractivity contribution in [1.29, 1.82) is 0 Å². The van der Waals surface area contributed by atoms with E-state index in [0.717, 1.165) is 5.56 Å². The van der Waals surface area contributed by atoms with Gasteiger partial charge in [0.15, 0.2) is 0 Å². The lowest BCUT2D eigenvalue weighted by molar-refractivity contribution is -0.135. The average Bonchev–Trinajstić information content (AvgIpc) is 3.35. The van der Waals surface area contributed by atoms with Crippen LogP contribution in [0.3, 0.4) is 0 Å². The molecule has 2 amide bonds. The first-order valence-corrected chi connectivity index (χ1v) is 13.3. The number of nitrogens with zero attached hydrogens (tertiary/aromatic N) is 4. The van der Waals surface area contributed by atoms with E-state index in [1.165, 1.54) is 29.2 Å². The minimum Gasteiger partial charge on any atom is -0.410 e. The van der Waals surface area contributed by atoms with Crippen LogP contribution in [0.4, 0.5) is 28.0 Å². The fraction of sp³-hybridized carbons (Fsp3) is 0.276. The molecule has 0 radical (unpaired) electrons. The van der Waals surface area contributed by atoms with Gasteiger partial charge in [-0.3, -0.25) is 4.79 Å². The lowest BCUT2D eigenvalue weighted by Gasteiger charge is -2.45. The third kappa shape index (κ3) is 4.99. The van der Waals surface area contributed by atoms with E-state index in [4.69, 9.17) is 16.3 Å². The van der Waals surface area contributed by atoms with Crippen LogP contribution in [0, 0.1) is 5.82 Å². The van der Waals surface area contributed by atoms with Crippen molar-refractivity contribution in [3.8, 4) is 5.75 Å². The standard InChI is InChI=1S/C29H23ClF4N4O3/c30-18-6-11-24-22(14-18)35-25(37(24)13-3-12-29(32,33)34)15-38-23-5-2-1-4-21(23)28(26(38)39)16-36(17-28)27(40)41-20-9-7-19(31)8-10-20/h1-2,4-11,14H,3,12-13,15-17H2. The van der Waals surface area contributed by atoms with Crippen LogP contribution in [-0.4, -0.2) is 45.7 Å². The Hall–Kier alpha value is -4.12. The Kier molecular flexibility index (Phi) is 6.64. The molecule has 1 fully saturated rings. The number of carbonyl (C=O) groups is 2. The molecule has 0 bridgehead atoms. The number of rotatable bonds is 6. The zero-order valence-corrected chi connectivity index (χ0v) is 22.3. The second kappa shape index (κ2) is 10.1. The van der Waals surface area contributed by atoms with E-state index in [0.29, 0.717) is 27.6 Å². The van der Waals surface area contributed by atoms with Gasteiger partial charge in [0.1, 0.15) is 22.8 Å². The molecule has 4 aromatic rings. The molecule has 1 aromatic heterocycles. The van der Waals surface area contributed by atoms with Crippen molar-refractivity contribution < 1.29 is 31.9 Å². The SMILES string of the molecule is O=C(Oc1ccc(F)cc1)N1CC2(C1)C(=O)N(Cc1nc3cc(Cl)ccc3n1CCCC(F)(F)F)c1ccccc12. The molecule has 3 aromatic carbocycles. The number of ether oxygens (including phenoxy) is 1. The monoisotopic (exact) mass is 586 g/mol. The molecule has 6 rings (SSSR count). The highest BCUT2D eigenvalue weighted by atomic mass is 35.5. The molecule has 1 saturated heterocycles. The number of imidazole rings is 1. The van der Waals surface area contributed by atoms with Gasteiger partial charge in [0, 0.05) is 36.8 Å². The molecule has 0 aliphatic carbocycles. The predicted molar refractivity (Wildman–Crippen MR) is 143 cm³/mol. The lowest BCUT2D eigenvalue weighted by Crippen LogP contribution is -2.65. The van der Waals surface area contributed by atoms with Gasteiger partial charge in [-0.05, 0) is 60.5 Å². The molecule has 2 aliphatic rings. The van der Waals surface area contributed by atoms with Gasteiger partial charge < -0.3 is 19.1 Å². The van der Waals surface area contributed by atoms with Gasteiger partial charge in [0.05, 0.1) is 17.6 Å². The fourth-order valence-electron chi connectivity index (χ4n) is 5.56. The number of fused-ring (bicyclic) bond motifs is 3. The molecule has 3 heterocycles. The van der Waals surface area contributed by atoms with Crippen LogP contribution in [-0.2, 0) is 23.3 Å². The first kappa shape index (κ1) is 27.1. The Balaban J connectivity index is 1.26. The highest BCUT2D eigenvalue weighted by Crippen LogP contribution is 2.48. The van der Waals surface area contributed by atoms with Crippen molar-refractivity contribution in [1.82, 2.24) is 14.5 Å². The summed E-state index contributed by atoms with van der Waals surface area (Å²) in [5.41, 5.74) is 1.55. The third-order valence-corrected chi connectivity index (χ3v) is 7.73. The number of amides is 2. The smallest absolute Gasteiger partial charge is 0.410 e. The number of anilines is 1. The third-order valence-electron chi connectivity index (χ3n) is 7.49. The first-order valence-electron chi connectivity index (χ1n) is 12.9. The normalized spacial score (nSPS) is 15.9. The Morgan fingerprint density at radius 3 is 2.51 bits per heavy atom. The van der Waals surface area contributed by atoms with Crippen molar-refractivity contribution in [2.75, 3.05) is 18.0 Å². The first-order chi connectivity index (χ1) is 19.5. The summed E-state index contributed by atoms with van der Waals surface area (Å²) in [6.45, 7) is 0.245. The molecule has 0 atom stereocenters. The zero-order valence-electron chi connectivity index (χ0n) is 21.5. The van der Waals surface area contributed by atoms with Crippen molar-refractivity contribution in [3.63, 3.8) is 0 Å². The van der Waals surface area contributed by atoms with E-state index in [2.05, 4.69) is 4.98 Å². The predicted octanol–water partition coefficient (Wildman–Crippen LogP) is 6.47. The number of halogens is 5. The Labute approximate surface area is 236 Å². The van der Waals surface area contributed by atoms with Crippen molar-refractivity contribution in [2.24, 2.45) is 0 Å². The number of hydrogen-bond donors (Lipinski definition) is 0. The Morgan fingerprint density at radius 1 is 1.05 bits per heavy atom. The molecule has 0 saturated carbocycles. The zero-order chi connectivity index (χ0) is 28.9. The minimum absolute atomic E-state index is 0.0237. The molecule has 12 heteroatoms. The largest absolute Gasteiger partial charge is 0.415 e. The number of benzene rings is 3. The van der Waals surface area contributed by atoms with Gasteiger partial charge in [-0.1, -0.05) is 29.8 Å². The second-order valence-corrected chi connectivity index (χ2v) is 10.6. The van der Waals surface area contributed by atoms with Gasteiger partial charge in [-0.15, -0.1) is 0 Å². The molecule has 7 nitrogen and oxygen atoms in total. The number of carbonyl (C=O) groups excluding carboxylic acids is 2. The summed E-state index contributed by atoms with van der Waals surface area (Å²) in [5.74, 6) is -0.0902. The summed E-state index contributed by atoms with van der Waals surface area (Å²) in [6.07, 6.45) is -6.04. The summed E-state index contributed by atoms with van der Waals surface area (Å²) < 4.78 is 58.9. The van der Waals surface area contributed by atoms with E-state index >= 15 is 0 Å². The van der Waals surface area contributed by atoms with E-state index in [1.54, 1.807) is 39.8 Å². The van der Waals surface area contributed by atoms with E-state index in [9.17, 15) is 27.2 Å².